The number of carbonyl (C=O) groups excluding carboxylic acids is 2. The predicted molar refractivity (Wildman–Crippen MR) is 115 cm³/mol. The first kappa shape index (κ1) is 19.7. The number of carbonyl (C=O) groups is 2. The van der Waals surface area contributed by atoms with Gasteiger partial charge in [0.05, 0.1) is 11.6 Å². The summed E-state index contributed by atoms with van der Waals surface area (Å²) in [4.78, 5) is 30.1. The lowest BCUT2D eigenvalue weighted by Crippen LogP contribution is -2.63. The Morgan fingerprint density at radius 3 is 2.46 bits per heavy atom. The van der Waals surface area contributed by atoms with Crippen molar-refractivity contribution in [1.82, 2.24) is 4.90 Å². The molecule has 3 atom stereocenters. The van der Waals surface area contributed by atoms with Crippen LogP contribution in [0.2, 0.25) is 10.0 Å². The van der Waals surface area contributed by atoms with Gasteiger partial charge in [0.15, 0.2) is 0 Å². The van der Waals surface area contributed by atoms with Gasteiger partial charge >= 0.3 is 6.03 Å². The minimum absolute atomic E-state index is 0.101. The molecule has 2 aliphatic rings. The second kappa shape index (κ2) is 8.05. The number of anilines is 1. The lowest BCUT2D eigenvalue weighted by molar-refractivity contribution is -0.126. The monoisotopic (exact) mass is 480 g/mol. The Kier molecular flexibility index (Phi) is 5.68. The highest BCUT2D eigenvalue weighted by molar-refractivity contribution is 9.09. The maximum absolute atomic E-state index is 13.4. The van der Waals surface area contributed by atoms with Gasteiger partial charge in [-0.25, -0.2) is 9.69 Å². The molecule has 3 amide bonds. The van der Waals surface area contributed by atoms with Gasteiger partial charge in [-0.15, -0.1) is 0 Å². The summed E-state index contributed by atoms with van der Waals surface area (Å²) in [5.41, 5.74) is 1.50. The van der Waals surface area contributed by atoms with E-state index in [1.165, 1.54) is 4.90 Å². The van der Waals surface area contributed by atoms with Crippen molar-refractivity contribution in [3.8, 4) is 0 Å². The van der Waals surface area contributed by atoms with Crippen LogP contribution in [0.5, 0.6) is 0 Å². The Bertz CT molecular complexity index is 906. The fraction of sp³-hybridized carbons (Fsp3) is 0.333. The van der Waals surface area contributed by atoms with Gasteiger partial charge in [-0.1, -0.05) is 51.3 Å². The van der Waals surface area contributed by atoms with Crippen molar-refractivity contribution >= 4 is 56.8 Å². The second-order valence-electron chi connectivity index (χ2n) is 7.27. The van der Waals surface area contributed by atoms with Crippen LogP contribution in [0.15, 0.2) is 48.5 Å². The Morgan fingerprint density at radius 2 is 1.75 bits per heavy atom. The Balaban J connectivity index is 1.71. The molecule has 1 heterocycles. The van der Waals surface area contributed by atoms with Gasteiger partial charge in [-0.2, -0.15) is 0 Å². The fourth-order valence-corrected chi connectivity index (χ4v) is 5.12. The molecule has 0 radical (unpaired) electrons. The normalized spacial score (nSPS) is 25.0. The molecule has 1 aliphatic heterocycles. The van der Waals surface area contributed by atoms with Crippen molar-refractivity contribution < 1.29 is 9.59 Å². The van der Waals surface area contributed by atoms with Crippen molar-refractivity contribution in [1.29, 1.82) is 0 Å². The van der Waals surface area contributed by atoms with E-state index in [1.807, 2.05) is 29.2 Å². The van der Waals surface area contributed by atoms with Crippen molar-refractivity contribution in [2.45, 2.75) is 36.7 Å². The highest BCUT2D eigenvalue weighted by Crippen LogP contribution is 2.39. The maximum atomic E-state index is 13.4. The zero-order valence-corrected chi connectivity index (χ0v) is 18.1. The van der Waals surface area contributed by atoms with Gasteiger partial charge in [0.2, 0.25) is 5.91 Å². The molecule has 0 N–H and O–H groups in total. The summed E-state index contributed by atoms with van der Waals surface area (Å²) in [5, 5.41) is 1.20. The molecule has 7 heteroatoms. The number of urea groups is 1. The second-order valence-corrected chi connectivity index (χ2v) is 9.44. The topological polar surface area (TPSA) is 40.6 Å². The largest absolute Gasteiger partial charge is 0.331 e. The van der Waals surface area contributed by atoms with Crippen molar-refractivity contribution in [2.75, 3.05) is 4.90 Å². The molecule has 0 spiro atoms. The summed E-state index contributed by atoms with van der Waals surface area (Å²) >= 11 is 15.8. The van der Waals surface area contributed by atoms with Crippen LogP contribution in [0.1, 0.15) is 24.8 Å². The average Bonchev–Trinajstić information content (AvgIpc) is 2.67. The van der Waals surface area contributed by atoms with Crippen LogP contribution in [0.25, 0.3) is 0 Å². The van der Waals surface area contributed by atoms with E-state index < -0.39 is 0 Å². The van der Waals surface area contributed by atoms with E-state index in [0.29, 0.717) is 28.7 Å². The van der Waals surface area contributed by atoms with E-state index in [-0.39, 0.29) is 28.7 Å². The summed E-state index contributed by atoms with van der Waals surface area (Å²) in [5.74, 6) is -0.366. The standard InChI is InChI=1S/C21H19BrCl2N2O2/c22-14-4-9-19-18(11-14)20(27)26(17-7-5-15(23)6-8-17)21(28)25(19)12-13-2-1-3-16(24)10-13/h1-3,5-8,10,14,18-19H,4,9,11-12H2. The fourth-order valence-electron chi connectivity index (χ4n) is 4.12. The van der Waals surface area contributed by atoms with Gasteiger partial charge in [-0.05, 0) is 61.2 Å². The van der Waals surface area contributed by atoms with Crippen molar-refractivity contribution in [3.05, 3.63) is 64.1 Å². The van der Waals surface area contributed by atoms with Crippen molar-refractivity contribution in [2.24, 2.45) is 5.92 Å². The van der Waals surface area contributed by atoms with Gasteiger partial charge in [0, 0.05) is 27.5 Å². The molecule has 2 fully saturated rings. The highest BCUT2D eigenvalue weighted by atomic mass is 79.9. The van der Waals surface area contributed by atoms with Gasteiger partial charge in [0.25, 0.3) is 0 Å². The van der Waals surface area contributed by atoms with Crippen LogP contribution < -0.4 is 4.90 Å². The third-order valence-electron chi connectivity index (χ3n) is 5.45. The number of imide groups is 1. The highest BCUT2D eigenvalue weighted by Gasteiger charge is 2.48. The number of fused-ring (bicyclic) bond motifs is 1. The molecular formula is C21H19BrCl2N2O2. The zero-order chi connectivity index (χ0) is 19.8. The van der Waals surface area contributed by atoms with Crippen LogP contribution in [-0.4, -0.2) is 27.7 Å². The number of halogens is 3. The minimum Gasteiger partial charge on any atom is -0.316 e. The average molecular weight is 482 g/mol. The summed E-state index contributed by atoms with van der Waals surface area (Å²) in [6.45, 7) is 0.422. The number of hydrogen-bond donors (Lipinski definition) is 0. The lowest BCUT2D eigenvalue weighted by Gasteiger charge is -2.47. The third-order valence-corrected chi connectivity index (χ3v) is 6.77. The van der Waals surface area contributed by atoms with Crippen molar-refractivity contribution in [3.63, 3.8) is 0 Å². The van der Waals surface area contributed by atoms with Crippen LogP contribution in [0.4, 0.5) is 10.5 Å². The van der Waals surface area contributed by atoms with E-state index in [1.54, 1.807) is 24.3 Å². The van der Waals surface area contributed by atoms with Crippen LogP contribution in [0.3, 0.4) is 0 Å². The molecule has 3 unspecified atom stereocenters. The molecule has 4 nitrogen and oxygen atoms in total. The molecule has 1 aliphatic carbocycles. The summed E-state index contributed by atoms with van der Waals surface area (Å²) < 4.78 is 0. The first-order chi connectivity index (χ1) is 13.4. The molecule has 0 aromatic heterocycles. The Labute approximate surface area is 182 Å². The Hall–Kier alpha value is -1.56. The maximum Gasteiger partial charge on any atom is 0.331 e. The quantitative estimate of drug-likeness (QED) is 0.512. The molecule has 2 aromatic carbocycles. The zero-order valence-electron chi connectivity index (χ0n) is 15.0. The SMILES string of the molecule is O=C1C2CC(Br)CCC2N(Cc2cccc(Cl)c2)C(=O)N1c1ccc(Cl)cc1. The van der Waals surface area contributed by atoms with Gasteiger partial charge < -0.3 is 4.90 Å². The number of amides is 3. The van der Waals surface area contributed by atoms with Crippen LogP contribution in [0, 0.1) is 5.92 Å². The van der Waals surface area contributed by atoms with E-state index in [2.05, 4.69) is 15.9 Å². The molecule has 1 saturated heterocycles. The summed E-state index contributed by atoms with van der Waals surface area (Å²) in [7, 11) is 0. The van der Waals surface area contributed by atoms with E-state index >= 15 is 0 Å². The number of alkyl halides is 1. The molecule has 146 valence electrons. The third kappa shape index (κ3) is 3.80. The number of hydrogen-bond acceptors (Lipinski definition) is 2. The first-order valence-electron chi connectivity index (χ1n) is 9.22. The van der Waals surface area contributed by atoms with Crippen LogP contribution >= 0.6 is 39.1 Å². The lowest BCUT2D eigenvalue weighted by atomic mass is 9.80. The van der Waals surface area contributed by atoms with Gasteiger partial charge in [0.1, 0.15) is 0 Å². The molecule has 2 aromatic rings. The van der Waals surface area contributed by atoms with Crippen LogP contribution in [-0.2, 0) is 11.3 Å². The number of benzene rings is 2. The van der Waals surface area contributed by atoms with E-state index in [0.717, 1.165) is 18.4 Å². The summed E-state index contributed by atoms with van der Waals surface area (Å²) in [6, 6.07) is 13.9. The summed E-state index contributed by atoms with van der Waals surface area (Å²) in [6.07, 6.45) is 2.45. The molecule has 28 heavy (non-hydrogen) atoms. The smallest absolute Gasteiger partial charge is 0.316 e. The van der Waals surface area contributed by atoms with E-state index in [4.69, 9.17) is 23.2 Å². The molecular weight excluding hydrogens is 463 g/mol. The number of nitrogens with zero attached hydrogens (tertiary/aromatic N) is 2. The van der Waals surface area contributed by atoms with Gasteiger partial charge in [-0.3, -0.25) is 4.79 Å². The molecule has 1 saturated carbocycles. The minimum atomic E-state index is -0.290. The van der Waals surface area contributed by atoms with E-state index in [9.17, 15) is 9.59 Å². The molecule has 4 rings (SSSR count). The predicted octanol–water partition coefficient (Wildman–Crippen LogP) is 5.89. The number of rotatable bonds is 3. The Morgan fingerprint density at radius 1 is 1.00 bits per heavy atom. The first-order valence-corrected chi connectivity index (χ1v) is 10.9. The molecule has 0 bridgehead atoms.